The monoisotopic (exact) mass is 281 g/mol. The Kier molecular flexibility index (Phi) is 3.43. The third kappa shape index (κ3) is 2.68. The van der Waals surface area contributed by atoms with Gasteiger partial charge in [-0.25, -0.2) is 17.8 Å². The van der Waals surface area contributed by atoms with Crippen LogP contribution in [0.15, 0.2) is 29.4 Å². The van der Waals surface area contributed by atoms with Crippen LogP contribution in [0.2, 0.25) is 0 Å². The van der Waals surface area contributed by atoms with E-state index in [0.717, 1.165) is 0 Å². The fourth-order valence-corrected chi connectivity index (χ4v) is 3.06. The zero-order chi connectivity index (χ0) is 14.0. The van der Waals surface area contributed by atoms with Crippen LogP contribution in [0, 0.1) is 0 Å². The lowest BCUT2D eigenvalue weighted by molar-refractivity contribution is 0.599. The number of nitrogens with zero attached hydrogens (tertiary/aromatic N) is 3. The summed E-state index contributed by atoms with van der Waals surface area (Å²) in [5.74, 6) is 0.157. The van der Waals surface area contributed by atoms with Crippen LogP contribution in [0.5, 0.6) is 0 Å². The average molecular weight is 281 g/mol. The van der Waals surface area contributed by atoms with Crippen molar-refractivity contribution < 1.29 is 8.42 Å². The molecule has 0 aliphatic carbocycles. The van der Waals surface area contributed by atoms with Crippen molar-refractivity contribution in [2.24, 2.45) is 7.05 Å². The Labute approximate surface area is 111 Å². The van der Waals surface area contributed by atoms with Crippen molar-refractivity contribution in [3.05, 3.63) is 30.1 Å². The van der Waals surface area contributed by atoms with E-state index in [2.05, 4.69) is 14.8 Å². The topological polar surface area (TPSA) is 103 Å². The molecule has 102 valence electrons. The molecule has 1 heterocycles. The van der Waals surface area contributed by atoms with Gasteiger partial charge in [-0.05, 0) is 24.1 Å². The summed E-state index contributed by atoms with van der Waals surface area (Å²) in [6.45, 7) is 1.88. The molecule has 0 spiro atoms. The third-order valence-corrected chi connectivity index (χ3v) is 4.11. The normalized spacial score (nSPS) is 11.5. The molecule has 3 N–H and O–H groups in total. The molecule has 0 atom stereocenters. The van der Waals surface area contributed by atoms with E-state index >= 15 is 0 Å². The summed E-state index contributed by atoms with van der Waals surface area (Å²) >= 11 is 0. The molecule has 0 fully saturated rings. The number of rotatable bonds is 4. The van der Waals surface area contributed by atoms with Crippen molar-refractivity contribution in [1.29, 1.82) is 0 Å². The van der Waals surface area contributed by atoms with Gasteiger partial charge in [-0.2, -0.15) is 10.1 Å². The molecule has 0 radical (unpaired) electrons. The lowest BCUT2D eigenvalue weighted by Gasteiger charge is -2.11. The zero-order valence-electron chi connectivity index (χ0n) is 10.7. The highest BCUT2D eigenvalue weighted by Crippen LogP contribution is 2.21. The lowest BCUT2D eigenvalue weighted by Crippen LogP contribution is -2.18. The van der Waals surface area contributed by atoms with E-state index in [1.807, 2.05) is 6.92 Å². The fraction of sp³-hybridized carbons (Fsp3) is 0.273. The summed E-state index contributed by atoms with van der Waals surface area (Å²) in [5, 5.41) is 3.81. The predicted molar refractivity (Wildman–Crippen MR) is 72.0 cm³/mol. The summed E-state index contributed by atoms with van der Waals surface area (Å²) < 4.78 is 28.4. The highest BCUT2D eigenvalue weighted by molar-refractivity contribution is 7.92. The maximum atomic E-state index is 12.3. The summed E-state index contributed by atoms with van der Waals surface area (Å²) in [6, 6.07) is 4.83. The number of aryl methyl sites for hydroxylation is 2. The van der Waals surface area contributed by atoms with Gasteiger partial charge in [-0.15, -0.1) is 0 Å². The molecule has 1 aromatic carbocycles. The van der Waals surface area contributed by atoms with Crippen molar-refractivity contribution in [2.45, 2.75) is 18.2 Å². The first-order chi connectivity index (χ1) is 8.94. The van der Waals surface area contributed by atoms with Crippen molar-refractivity contribution in [3.8, 4) is 0 Å². The average Bonchev–Trinajstić information content (AvgIpc) is 2.74. The Hall–Kier alpha value is -2.09. The standard InChI is InChI=1S/C11H15N5O2S/c1-3-8-4-5-9(12)6-10(8)19(17,18)15-11-13-7-14-16(11)2/h4-7H,3,12H2,1-2H3,(H,13,14,15). The molecule has 1 aromatic heterocycles. The SMILES string of the molecule is CCc1ccc(N)cc1S(=O)(=O)Nc1ncnn1C. The molecule has 0 amide bonds. The van der Waals surface area contributed by atoms with Crippen LogP contribution >= 0.6 is 0 Å². The molecule has 8 heteroatoms. The van der Waals surface area contributed by atoms with Crippen LogP contribution in [0.25, 0.3) is 0 Å². The van der Waals surface area contributed by atoms with Crippen molar-refractivity contribution in [1.82, 2.24) is 14.8 Å². The van der Waals surface area contributed by atoms with Crippen LogP contribution in [-0.4, -0.2) is 23.2 Å². The number of hydrogen-bond acceptors (Lipinski definition) is 5. The second-order valence-corrected chi connectivity index (χ2v) is 5.68. The molecule has 7 nitrogen and oxygen atoms in total. The number of aromatic nitrogens is 3. The van der Waals surface area contributed by atoms with Crippen molar-refractivity contribution in [3.63, 3.8) is 0 Å². The second kappa shape index (κ2) is 4.88. The van der Waals surface area contributed by atoms with E-state index in [9.17, 15) is 8.42 Å². The molecule has 0 aliphatic rings. The van der Waals surface area contributed by atoms with Gasteiger partial charge in [-0.1, -0.05) is 13.0 Å². The van der Waals surface area contributed by atoms with E-state index in [4.69, 9.17) is 5.73 Å². The van der Waals surface area contributed by atoms with Crippen molar-refractivity contribution in [2.75, 3.05) is 10.5 Å². The minimum absolute atomic E-state index is 0.157. The van der Waals surface area contributed by atoms with Crippen LogP contribution in [0.1, 0.15) is 12.5 Å². The van der Waals surface area contributed by atoms with Gasteiger partial charge in [0.25, 0.3) is 10.0 Å². The third-order valence-electron chi connectivity index (χ3n) is 2.70. The molecular formula is C11H15N5O2S. The number of nitrogen functional groups attached to an aromatic ring is 1. The van der Waals surface area contributed by atoms with Gasteiger partial charge in [0.1, 0.15) is 6.33 Å². The Bertz CT molecular complexity index is 693. The quantitative estimate of drug-likeness (QED) is 0.805. The van der Waals surface area contributed by atoms with Crippen LogP contribution in [-0.2, 0) is 23.5 Å². The number of nitrogens with two attached hydrogens (primary N) is 1. The molecule has 0 saturated heterocycles. The predicted octanol–water partition coefficient (Wildman–Crippen LogP) is 0.760. The molecule has 0 unspecified atom stereocenters. The van der Waals surface area contributed by atoms with Gasteiger partial charge in [0.2, 0.25) is 5.95 Å². The molecule has 0 aliphatic heterocycles. The van der Waals surface area contributed by atoms with E-state index in [1.165, 1.54) is 17.1 Å². The van der Waals surface area contributed by atoms with Gasteiger partial charge in [0, 0.05) is 12.7 Å². The van der Waals surface area contributed by atoms with Gasteiger partial charge in [0.15, 0.2) is 0 Å². The van der Waals surface area contributed by atoms with Gasteiger partial charge < -0.3 is 5.73 Å². The first kappa shape index (κ1) is 13.3. The van der Waals surface area contributed by atoms with Gasteiger partial charge in [-0.3, -0.25) is 0 Å². The smallest absolute Gasteiger partial charge is 0.264 e. The highest BCUT2D eigenvalue weighted by Gasteiger charge is 2.20. The van der Waals surface area contributed by atoms with Crippen molar-refractivity contribution >= 4 is 21.7 Å². The summed E-state index contributed by atoms with van der Waals surface area (Å²) in [6.07, 6.45) is 1.87. The largest absolute Gasteiger partial charge is 0.399 e. The Balaban J connectivity index is 2.45. The minimum Gasteiger partial charge on any atom is -0.399 e. The molecule has 2 rings (SSSR count). The lowest BCUT2D eigenvalue weighted by atomic mass is 10.1. The maximum Gasteiger partial charge on any atom is 0.264 e. The summed E-state index contributed by atoms with van der Waals surface area (Å²) in [4.78, 5) is 4.00. The van der Waals surface area contributed by atoms with Crippen LogP contribution in [0.4, 0.5) is 11.6 Å². The zero-order valence-corrected chi connectivity index (χ0v) is 11.5. The molecular weight excluding hydrogens is 266 g/mol. The van der Waals surface area contributed by atoms with E-state index in [0.29, 0.717) is 17.7 Å². The Morgan fingerprint density at radius 3 is 2.74 bits per heavy atom. The number of anilines is 2. The Morgan fingerprint density at radius 2 is 2.16 bits per heavy atom. The highest BCUT2D eigenvalue weighted by atomic mass is 32.2. The first-order valence-corrected chi connectivity index (χ1v) is 7.17. The minimum atomic E-state index is -3.72. The Morgan fingerprint density at radius 1 is 1.42 bits per heavy atom. The maximum absolute atomic E-state index is 12.3. The molecule has 0 saturated carbocycles. The molecule has 2 aromatic rings. The van der Waals surface area contributed by atoms with Crippen LogP contribution in [0.3, 0.4) is 0 Å². The fourth-order valence-electron chi connectivity index (χ4n) is 1.68. The number of sulfonamides is 1. The molecule has 0 bridgehead atoms. The van der Waals surface area contributed by atoms with E-state index < -0.39 is 10.0 Å². The summed E-state index contributed by atoms with van der Waals surface area (Å²) in [7, 11) is -2.12. The second-order valence-electron chi connectivity index (χ2n) is 4.03. The first-order valence-electron chi connectivity index (χ1n) is 5.69. The van der Waals surface area contributed by atoms with Gasteiger partial charge in [0.05, 0.1) is 4.90 Å². The molecule has 19 heavy (non-hydrogen) atoms. The van der Waals surface area contributed by atoms with Crippen LogP contribution < -0.4 is 10.5 Å². The van der Waals surface area contributed by atoms with Gasteiger partial charge >= 0.3 is 0 Å². The number of hydrogen-bond donors (Lipinski definition) is 2. The van der Waals surface area contributed by atoms with E-state index in [1.54, 1.807) is 19.2 Å². The summed E-state index contributed by atoms with van der Waals surface area (Å²) in [5.41, 5.74) is 6.75. The number of benzene rings is 1. The van der Waals surface area contributed by atoms with E-state index in [-0.39, 0.29) is 10.8 Å². The number of nitrogens with one attached hydrogen (secondary N) is 1.